The Bertz CT molecular complexity index is 1570. The normalized spacial score (nSPS) is 17.9. The molecule has 6 heteroatoms. The van der Waals surface area contributed by atoms with Crippen molar-refractivity contribution < 1.29 is 14.6 Å². The van der Waals surface area contributed by atoms with E-state index < -0.39 is 5.97 Å². The average molecular weight is 527 g/mol. The minimum atomic E-state index is -0.850. The molecular formula is C32H34N2O3S. The lowest BCUT2D eigenvalue weighted by Crippen LogP contribution is -2.08. The molecule has 1 N–H and O–H groups in total. The fraction of sp³-hybridized carbons (Fsp3) is 0.375. The molecule has 1 aromatic carbocycles. The number of rotatable bonds is 5. The fourth-order valence-corrected chi connectivity index (χ4v) is 7.56. The van der Waals surface area contributed by atoms with Crippen LogP contribution in [0.4, 0.5) is 0 Å². The Labute approximate surface area is 227 Å². The van der Waals surface area contributed by atoms with Gasteiger partial charge in [0.15, 0.2) is 0 Å². The summed E-state index contributed by atoms with van der Waals surface area (Å²) in [5.74, 6) is 0.504. The molecule has 3 aromatic rings. The van der Waals surface area contributed by atoms with E-state index in [2.05, 4.69) is 61.2 Å². The van der Waals surface area contributed by atoms with Crippen molar-refractivity contribution in [3.63, 3.8) is 0 Å². The number of aromatic nitrogens is 1. The quantitative estimate of drug-likeness (QED) is 0.339. The summed E-state index contributed by atoms with van der Waals surface area (Å²) in [6, 6.07) is 6.24. The van der Waals surface area contributed by atoms with Crippen molar-refractivity contribution in [2.45, 2.75) is 71.8 Å². The fourth-order valence-electron chi connectivity index (χ4n) is 6.44. The molecule has 0 spiro atoms. The largest absolute Gasteiger partial charge is 0.490 e. The molecule has 6 rings (SSSR count). The maximum Gasteiger partial charge on any atom is 0.345 e. The number of benzene rings is 1. The molecule has 0 bridgehead atoms. The highest BCUT2D eigenvalue weighted by Gasteiger charge is 2.32. The Hall–Kier alpha value is -3.38. The summed E-state index contributed by atoms with van der Waals surface area (Å²) in [5, 5.41) is 9.75. The monoisotopic (exact) mass is 526 g/mol. The predicted octanol–water partition coefficient (Wildman–Crippen LogP) is 8.52. The van der Waals surface area contributed by atoms with Crippen molar-refractivity contribution in [3.05, 3.63) is 69.3 Å². The number of hydrogen-bond acceptors (Lipinski definition) is 4. The molecule has 2 aliphatic heterocycles. The Kier molecular flexibility index (Phi) is 6.39. The van der Waals surface area contributed by atoms with E-state index in [-0.39, 0.29) is 0 Å². The molecule has 1 aliphatic carbocycles. The number of hydrogen-bond donors (Lipinski definition) is 1. The first-order valence-electron chi connectivity index (χ1n) is 13.6. The topological polar surface area (TPSA) is 63.8 Å². The van der Waals surface area contributed by atoms with Crippen LogP contribution in [-0.2, 0) is 6.54 Å². The highest BCUT2D eigenvalue weighted by molar-refractivity contribution is 7.21. The van der Waals surface area contributed by atoms with Gasteiger partial charge in [0.2, 0.25) is 0 Å². The van der Waals surface area contributed by atoms with E-state index in [1.165, 1.54) is 47.4 Å². The van der Waals surface area contributed by atoms with Crippen LogP contribution in [0.15, 0.2) is 52.7 Å². The van der Waals surface area contributed by atoms with E-state index in [0.717, 1.165) is 68.9 Å². The first-order chi connectivity index (χ1) is 18.3. The Morgan fingerprint density at radius 1 is 1.21 bits per heavy atom. The van der Waals surface area contributed by atoms with Crippen molar-refractivity contribution in [1.29, 1.82) is 0 Å². The number of aromatic carboxylic acids is 1. The summed E-state index contributed by atoms with van der Waals surface area (Å²) in [7, 11) is 0. The number of fused-ring (bicyclic) bond motifs is 5. The highest BCUT2D eigenvalue weighted by Crippen LogP contribution is 2.50. The van der Waals surface area contributed by atoms with Gasteiger partial charge >= 0.3 is 5.97 Å². The minimum absolute atomic E-state index is 0.412. The zero-order valence-corrected chi connectivity index (χ0v) is 23.2. The van der Waals surface area contributed by atoms with Gasteiger partial charge in [-0.25, -0.2) is 4.79 Å². The van der Waals surface area contributed by atoms with Gasteiger partial charge < -0.3 is 14.4 Å². The van der Waals surface area contributed by atoms with Crippen LogP contribution in [0.2, 0.25) is 0 Å². The molecule has 196 valence electrons. The molecule has 0 amide bonds. The minimum Gasteiger partial charge on any atom is -0.490 e. The zero-order valence-electron chi connectivity index (χ0n) is 22.4. The molecule has 2 aromatic heterocycles. The van der Waals surface area contributed by atoms with Crippen LogP contribution >= 0.6 is 11.3 Å². The van der Waals surface area contributed by atoms with Gasteiger partial charge in [-0.1, -0.05) is 44.1 Å². The second-order valence-electron chi connectivity index (χ2n) is 10.8. The maximum atomic E-state index is 11.9. The standard InChI is InChI=1S/C32H34N2O3S/c1-18-11-13-24-29-28(22-8-6-5-7-9-22)31-26(17-27(38-31)32(35)36)34(29)14-15-37-30(24)23(18)12-10-19(2)25-16-20(3)33-21(25)4/h10-13,17,22H,2,5-9,14-16H2,1,3-4H3,(H,35,36)/b12-10-. The number of nitrogens with zero attached hydrogens (tertiary/aromatic N) is 2. The van der Waals surface area contributed by atoms with Crippen LogP contribution in [0, 0.1) is 6.92 Å². The van der Waals surface area contributed by atoms with Crippen molar-refractivity contribution in [2.75, 3.05) is 6.61 Å². The van der Waals surface area contributed by atoms with E-state index in [4.69, 9.17) is 4.74 Å². The first-order valence-corrected chi connectivity index (χ1v) is 14.4. The molecule has 1 fully saturated rings. The SMILES string of the molecule is C=C(/C=C\c1c(C)ccc2c1OCCn1c-2c(C2CCCCC2)c2sc(C(=O)O)cc21)C1=C(C)N=C(C)C1. The summed E-state index contributed by atoms with van der Waals surface area (Å²) in [6.45, 7) is 11.8. The van der Waals surface area contributed by atoms with Crippen molar-refractivity contribution in [2.24, 2.45) is 4.99 Å². The smallest absolute Gasteiger partial charge is 0.345 e. The van der Waals surface area contributed by atoms with Crippen LogP contribution < -0.4 is 4.74 Å². The van der Waals surface area contributed by atoms with Gasteiger partial charge in [0.1, 0.15) is 17.2 Å². The number of carboxylic acid groups (broad SMARTS) is 1. The highest BCUT2D eigenvalue weighted by atomic mass is 32.1. The molecule has 0 radical (unpaired) electrons. The molecule has 0 saturated heterocycles. The van der Waals surface area contributed by atoms with Crippen LogP contribution in [-0.4, -0.2) is 28.0 Å². The second-order valence-corrected chi connectivity index (χ2v) is 11.9. The van der Waals surface area contributed by atoms with Gasteiger partial charge in [-0.3, -0.25) is 4.99 Å². The zero-order chi connectivity index (χ0) is 26.6. The number of ether oxygens (including phenoxy) is 1. The van der Waals surface area contributed by atoms with Gasteiger partial charge in [-0.2, -0.15) is 0 Å². The summed E-state index contributed by atoms with van der Waals surface area (Å²) >= 11 is 1.43. The molecule has 4 heterocycles. The summed E-state index contributed by atoms with van der Waals surface area (Å²) in [5.41, 5.74) is 11.3. The molecule has 38 heavy (non-hydrogen) atoms. The van der Waals surface area contributed by atoms with Gasteiger partial charge in [-0.05, 0) is 73.9 Å². The average Bonchev–Trinajstić information content (AvgIpc) is 3.52. The molecule has 0 atom stereocenters. The third kappa shape index (κ3) is 4.15. The second kappa shape index (κ2) is 9.73. The van der Waals surface area contributed by atoms with E-state index >= 15 is 0 Å². The van der Waals surface area contributed by atoms with Gasteiger partial charge in [0, 0.05) is 29.0 Å². The van der Waals surface area contributed by atoms with Gasteiger partial charge in [-0.15, -0.1) is 11.3 Å². The number of carbonyl (C=O) groups is 1. The maximum absolute atomic E-state index is 11.9. The molecular weight excluding hydrogens is 492 g/mol. The van der Waals surface area contributed by atoms with Gasteiger partial charge in [0.05, 0.1) is 22.5 Å². The van der Waals surface area contributed by atoms with E-state index in [1.807, 2.05) is 6.07 Å². The third-order valence-electron chi connectivity index (χ3n) is 8.29. The van der Waals surface area contributed by atoms with Crippen LogP contribution in [0.3, 0.4) is 0 Å². The van der Waals surface area contributed by atoms with Crippen LogP contribution in [0.25, 0.3) is 27.6 Å². The summed E-state index contributed by atoms with van der Waals surface area (Å²) in [6.07, 6.45) is 11.1. The summed E-state index contributed by atoms with van der Waals surface area (Å²) < 4.78 is 9.96. The lowest BCUT2D eigenvalue weighted by atomic mass is 9.82. The Balaban J connectivity index is 1.50. The van der Waals surface area contributed by atoms with Crippen LogP contribution in [0.1, 0.15) is 84.7 Å². The van der Waals surface area contributed by atoms with E-state index in [9.17, 15) is 9.90 Å². The first kappa shape index (κ1) is 24.9. The number of allylic oxidation sites excluding steroid dienone is 4. The summed E-state index contributed by atoms with van der Waals surface area (Å²) in [4.78, 5) is 16.9. The lowest BCUT2D eigenvalue weighted by molar-refractivity contribution is 0.0702. The lowest BCUT2D eigenvalue weighted by Gasteiger charge is -2.23. The Morgan fingerprint density at radius 3 is 2.71 bits per heavy atom. The third-order valence-corrected chi connectivity index (χ3v) is 9.44. The number of aryl methyl sites for hydroxylation is 1. The van der Waals surface area contributed by atoms with E-state index in [0.29, 0.717) is 23.9 Å². The molecule has 0 unspecified atom stereocenters. The molecule has 3 aliphatic rings. The van der Waals surface area contributed by atoms with E-state index in [1.54, 1.807) is 0 Å². The van der Waals surface area contributed by atoms with Crippen molar-refractivity contribution in [3.8, 4) is 17.0 Å². The molecule has 1 saturated carbocycles. The van der Waals surface area contributed by atoms with Crippen molar-refractivity contribution in [1.82, 2.24) is 4.57 Å². The van der Waals surface area contributed by atoms with Crippen LogP contribution in [0.5, 0.6) is 5.75 Å². The number of carboxylic acids is 1. The molecule has 5 nitrogen and oxygen atoms in total. The Morgan fingerprint density at radius 2 is 2.00 bits per heavy atom. The predicted molar refractivity (Wildman–Crippen MR) is 157 cm³/mol. The number of thiophene rings is 1. The number of aliphatic imine (C=N–C) groups is 1. The van der Waals surface area contributed by atoms with Crippen molar-refractivity contribution >= 4 is 39.3 Å². The van der Waals surface area contributed by atoms with Gasteiger partial charge in [0.25, 0.3) is 0 Å².